The molecule has 0 aromatic heterocycles. The van der Waals surface area contributed by atoms with Crippen LogP contribution in [0.3, 0.4) is 0 Å². The van der Waals surface area contributed by atoms with E-state index in [9.17, 15) is 0 Å². The first-order valence-corrected chi connectivity index (χ1v) is 7.52. The molecule has 0 heterocycles. The summed E-state index contributed by atoms with van der Waals surface area (Å²) in [5, 5.41) is 0. The van der Waals surface area contributed by atoms with Crippen molar-refractivity contribution in [2.24, 2.45) is 0 Å². The molecule has 0 aromatic carbocycles. The van der Waals surface area contributed by atoms with Gasteiger partial charge in [0.15, 0.2) is 0 Å². The summed E-state index contributed by atoms with van der Waals surface area (Å²) in [6.07, 6.45) is 10.0. The van der Waals surface area contributed by atoms with Gasteiger partial charge in [-0.1, -0.05) is 13.1 Å². The molecule has 1 aliphatic carbocycles. The Labute approximate surface area is 94.0 Å². The minimum absolute atomic E-state index is 0. The van der Waals surface area contributed by atoms with E-state index in [0.29, 0.717) is 0 Å². The molecule has 4 heteroatoms. The number of allylic oxidation sites excluding steroid dienone is 4. The summed E-state index contributed by atoms with van der Waals surface area (Å²) in [6.45, 7) is 4.42. The van der Waals surface area contributed by atoms with E-state index in [2.05, 4.69) is 34.6 Å². The van der Waals surface area contributed by atoms with Gasteiger partial charge in [-0.05, 0) is 0 Å². The van der Waals surface area contributed by atoms with E-state index in [1.54, 1.807) is 0 Å². The summed E-state index contributed by atoms with van der Waals surface area (Å²) in [7, 11) is 5.39. The van der Waals surface area contributed by atoms with Crippen LogP contribution >= 0.6 is 9.30 Å². The molecular weight excluding hydrogens is 231 g/mol. The Balaban J connectivity index is -0.0000000956. The molecule has 0 atom stereocenters. The SMILES string of the molecule is C[SiH]C.[C-]1=CC=CC1.[Cl-].[Cl][Ti+]. The molecule has 0 nitrogen and oxygen atoms in total. The van der Waals surface area contributed by atoms with Crippen molar-refractivity contribution >= 4 is 18.8 Å². The Morgan fingerprint density at radius 2 is 1.91 bits per heavy atom. The topological polar surface area (TPSA) is 0 Å². The van der Waals surface area contributed by atoms with Crippen molar-refractivity contribution < 1.29 is 31.8 Å². The molecule has 63 valence electrons. The molecule has 0 bridgehead atoms. The molecule has 11 heavy (non-hydrogen) atoms. The fourth-order valence-corrected chi connectivity index (χ4v) is 0.340. The van der Waals surface area contributed by atoms with E-state index >= 15 is 0 Å². The fourth-order valence-electron chi connectivity index (χ4n) is 0.340. The Bertz CT molecular complexity index is 84.4. The van der Waals surface area contributed by atoms with E-state index in [-0.39, 0.29) is 12.4 Å². The zero-order valence-electron chi connectivity index (χ0n) is 6.77. The predicted octanol–water partition coefficient (Wildman–Crippen LogP) is -0.484. The van der Waals surface area contributed by atoms with Crippen LogP contribution in [0.4, 0.5) is 0 Å². The van der Waals surface area contributed by atoms with Gasteiger partial charge in [0.1, 0.15) is 0 Å². The van der Waals surface area contributed by atoms with Gasteiger partial charge in [0.25, 0.3) is 0 Å². The van der Waals surface area contributed by atoms with Crippen molar-refractivity contribution in [3.8, 4) is 0 Å². The van der Waals surface area contributed by atoms with Crippen LogP contribution in [0.15, 0.2) is 18.2 Å². The fraction of sp³-hybridized carbons (Fsp3) is 0.429. The maximum absolute atomic E-state index is 4.64. The molecule has 0 aromatic rings. The van der Waals surface area contributed by atoms with Gasteiger partial charge in [0.05, 0.1) is 0 Å². The van der Waals surface area contributed by atoms with Crippen LogP contribution in [0.5, 0.6) is 0 Å². The van der Waals surface area contributed by atoms with Crippen LogP contribution in [0.1, 0.15) is 6.42 Å². The molecular formula is C7H12Cl2SiTi-. The van der Waals surface area contributed by atoms with Crippen LogP contribution in [0.2, 0.25) is 13.1 Å². The summed E-state index contributed by atoms with van der Waals surface area (Å²) in [4.78, 5) is 0. The molecule has 1 radical (unpaired) electrons. The Kier molecular flexibility index (Phi) is 36.6. The molecule has 1 rings (SSSR count). The number of hydrogen-bond acceptors (Lipinski definition) is 0. The zero-order chi connectivity index (χ0) is 8.24. The summed E-state index contributed by atoms with van der Waals surface area (Å²) in [5.74, 6) is 0. The zero-order valence-corrected chi connectivity index (χ0v) is 11.0. The first-order chi connectivity index (χ1) is 4.91. The molecule has 0 unspecified atom stereocenters. The quantitative estimate of drug-likeness (QED) is 0.398. The Morgan fingerprint density at radius 1 is 1.45 bits per heavy atom. The molecule has 0 N–H and O–H groups in total. The first-order valence-electron chi connectivity index (χ1n) is 3.06. The van der Waals surface area contributed by atoms with Crippen molar-refractivity contribution in [1.82, 2.24) is 0 Å². The third kappa shape index (κ3) is 24.8. The third-order valence-corrected chi connectivity index (χ3v) is 0.586. The second-order valence-corrected chi connectivity index (χ2v) is 2.74. The second kappa shape index (κ2) is 22.4. The molecule has 0 amide bonds. The van der Waals surface area contributed by atoms with Gasteiger partial charge in [-0.2, -0.15) is 6.08 Å². The molecule has 0 aliphatic heterocycles. The van der Waals surface area contributed by atoms with Crippen molar-refractivity contribution in [2.45, 2.75) is 19.5 Å². The van der Waals surface area contributed by atoms with Gasteiger partial charge in [0.2, 0.25) is 0 Å². The van der Waals surface area contributed by atoms with Crippen molar-refractivity contribution in [3.05, 3.63) is 24.3 Å². The van der Waals surface area contributed by atoms with Crippen LogP contribution in [-0.2, 0) is 19.4 Å². The van der Waals surface area contributed by atoms with Crippen LogP contribution in [-0.4, -0.2) is 9.52 Å². The maximum atomic E-state index is 4.64. The van der Waals surface area contributed by atoms with E-state index in [1.807, 2.05) is 12.2 Å². The third-order valence-electron chi connectivity index (χ3n) is 0.586. The Morgan fingerprint density at radius 3 is 2.00 bits per heavy atom. The van der Waals surface area contributed by atoms with Gasteiger partial charge in [-0.25, -0.2) is 12.2 Å². The summed E-state index contributed by atoms with van der Waals surface area (Å²) >= 11 is 1.47. The molecule has 0 saturated heterocycles. The van der Waals surface area contributed by atoms with E-state index in [1.165, 1.54) is 19.4 Å². The summed E-state index contributed by atoms with van der Waals surface area (Å²) < 4.78 is 0. The van der Waals surface area contributed by atoms with Crippen LogP contribution in [0, 0.1) is 6.08 Å². The molecule has 0 spiro atoms. The van der Waals surface area contributed by atoms with E-state index in [0.717, 1.165) is 15.9 Å². The first kappa shape index (κ1) is 17.9. The average molecular weight is 243 g/mol. The van der Waals surface area contributed by atoms with E-state index < -0.39 is 0 Å². The number of hydrogen-bond donors (Lipinski definition) is 0. The summed E-state index contributed by atoms with van der Waals surface area (Å²) in [5.41, 5.74) is 0. The van der Waals surface area contributed by atoms with Crippen molar-refractivity contribution in [3.63, 3.8) is 0 Å². The van der Waals surface area contributed by atoms with Crippen LogP contribution < -0.4 is 12.4 Å². The minimum atomic E-state index is 0. The number of halogens is 2. The van der Waals surface area contributed by atoms with Crippen molar-refractivity contribution in [2.75, 3.05) is 0 Å². The van der Waals surface area contributed by atoms with Gasteiger partial charge < -0.3 is 12.4 Å². The molecule has 0 saturated carbocycles. The standard InChI is InChI=1S/C5H5.C2H7Si.2ClH.Ti/c1-2-4-5-3-1;1-3-2;;;/h1-3H,4H2;3H,1-2H3;2*1H;/q-1;;;;+2/p-2. The monoisotopic (exact) mass is 242 g/mol. The number of rotatable bonds is 0. The predicted molar refractivity (Wildman–Crippen MR) is 46.3 cm³/mol. The van der Waals surface area contributed by atoms with Gasteiger partial charge in [-0.15, -0.1) is 6.42 Å². The van der Waals surface area contributed by atoms with Crippen LogP contribution in [0.25, 0.3) is 0 Å². The summed E-state index contributed by atoms with van der Waals surface area (Å²) in [6, 6.07) is 0. The van der Waals surface area contributed by atoms with Gasteiger partial charge >= 0.3 is 28.7 Å². The van der Waals surface area contributed by atoms with E-state index in [4.69, 9.17) is 0 Å². The van der Waals surface area contributed by atoms with Gasteiger partial charge in [0, 0.05) is 9.52 Å². The average Bonchev–Trinajstić information content (AvgIpc) is 2.48. The normalized spacial score (nSPS) is 10.0. The second-order valence-electron chi connectivity index (χ2n) is 1.58. The molecule has 1 aliphatic rings. The van der Waals surface area contributed by atoms with Gasteiger partial charge in [-0.3, -0.25) is 6.08 Å². The Hall–Kier alpha value is 0.991. The van der Waals surface area contributed by atoms with Crippen molar-refractivity contribution in [1.29, 1.82) is 0 Å². The molecule has 0 fully saturated rings.